The number of rotatable bonds is 5. The van der Waals surface area contributed by atoms with Gasteiger partial charge >= 0.3 is 0 Å². The molecule has 0 aromatic heterocycles. The van der Waals surface area contributed by atoms with Crippen LogP contribution in [0, 0.1) is 19.7 Å². The van der Waals surface area contributed by atoms with Crippen molar-refractivity contribution < 1.29 is 4.39 Å². The van der Waals surface area contributed by atoms with Gasteiger partial charge in [0.2, 0.25) is 0 Å². The maximum Gasteiger partial charge on any atom is 0.124 e. The summed E-state index contributed by atoms with van der Waals surface area (Å²) < 4.78 is 13.2. The van der Waals surface area contributed by atoms with Crippen molar-refractivity contribution >= 4 is 11.8 Å². The first-order valence-corrected chi connectivity index (χ1v) is 7.51. The summed E-state index contributed by atoms with van der Waals surface area (Å²) in [4.78, 5) is 0.913. The molecule has 20 heavy (non-hydrogen) atoms. The van der Waals surface area contributed by atoms with E-state index in [-0.39, 0.29) is 11.9 Å². The highest BCUT2D eigenvalue weighted by molar-refractivity contribution is 7.99. The van der Waals surface area contributed by atoms with E-state index in [4.69, 9.17) is 5.84 Å². The summed E-state index contributed by atoms with van der Waals surface area (Å²) in [5, 5.41) is 0. The Kier molecular flexibility index (Phi) is 5.17. The lowest BCUT2D eigenvalue weighted by Gasteiger charge is -2.19. The van der Waals surface area contributed by atoms with Gasteiger partial charge in [-0.3, -0.25) is 11.3 Å². The van der Waals surface area contributed by atoms with E-state index in [1.165, 1.54) is 22.8 Å². The number of hydrogen-bond acceptors (Lipinski definition) is 3. The SMILES string of the molecule is Cc1cccc(C(CSc2cccc(F)c2)NN)c1C. The molecule has 0 saturated carbocycles. The van der Waals surface area contributed by atoms with Crippen LogP contribution in [0.4, 0.5) is 4.39 Å². The van der Waals surface area contributed by atoms with E-state index < -0.39 is 0 Å². The number of halogens is 1. The zero-order chi connectivity index (χ0) is 14.5. The first-order valence-electron chi connectivity index (χ1n) is 6.52. The summed E-state index contributed by atoms with van der Waals surface area (Å²) in [7, 11) is 0. The fraction of sp³-hybridized carbons (Fsp3) is 0.250. The second-order valence-electron chi connectivity index (χ2n) is 4.78. The molecule has 0 amide bonds. The summed E-state index contributed by atoms with van der Waals surface area (Å²) in [5.41, 5.74) is 6.54. The molecule has 106 valence electrons. The molecule has 2 aromatic carbocycles. The maximum atomic E-state index is 13.2. The van der Waals surface area contributed by atoms with Crippen LogP contribution in [0.5, 0.6) is 0 Å². The predicted octanol–water partition coefficient (Wildman–Crippen LogP) is 3.74. The van der Waals surface area contributed by atoms with Gasteiger partial charge in [0.15, 0.2) is 0 Å². The lowest BCUT2D eigenvalue weighted by atomic mass is 9.99. The highest BCUT2D eigenvalue weighted by atomic mass is 32.2. The first kappa shape index (κ1) is 15.0. The van der Waals surface area contributed by atoms with Crippen LogP contribution in [0.25, 0.3) is 0 Å². The Balaban J connectivity index is 2.11. The zero-order valence-electron chi connectivity index (χ0n) is 11.7. The van der Waals surface area contributed by atoms with Gasteiger partial charge in [-0.25, -0.2) is 4.39 Å². The van der Waals surface area contributed by atoms with Crippen molar-refractivity contribution in [3.8, 4) is 0 Å². The largest absolute Gasteiger partial charge is 0.271 e. The Bertz CT molecular complexity index is 586. The molecular weight excluding hydrogens is 271 g/mol. The van der Waals surface area contributed by atoms with Gasteiger partial charge in [0.25, 0.3) is 0 Å². The van der Waals surface area contributed by atoms with Gasteiger partial charge in [-0.05, 0) is 48.7 Å². The number of hydrazine groups is 1. The third kappa shape index (κ3) is 3.60. The molecule has 0 aliphatic rings. The van der Waals surface area contributed by atoms with Crippen molar-refractivity contribution in [2.45, 2.75) is 24.8 Å². The molecule has 2 nitrogen and oxygen atoms in total. The fourth-order valence-electron chi connectivity index (χ4n) is 2.12. The molecule has 4 heteroatoms. The van der Waals surface area contributed by atoms with E-state index in [2.05, 4.69) is 31.4 Å². The van der Waals surface area contributed by atoms with E-state index in [0.717, 1.165) is 10.6 Å². The highest BCUT2D eigenvalue weighted by Crippen LogP contribution is 2.27. The molecule has 0 bridgehead atoms. The topological polar surface area (TPSA) is 38.0 Å². The number of nitrogens with one attached hydrogen (secondary N) is 1. The Labute approximate surface area is 123 Å². The van der Waals surface area contributed by atoms with E-state index in [9.17, 15) is 4.39 Å². The maximum absolute atomic E-state index is 13.2. The lowest BCUT2D eigenvalue weighted by molar-refractivity contribution is 0.606. The fourth-order valence-corrected chi connectivity index (χ4v) is 3.12. The predicted molar refractivity (Wildman–Crippen MR) is 83.1 cm³/mol. The minimum absolute atomic E-state index is 0.0446. The van der Waals surface area contributed by atoms with Crippen molar-refractivity contribution in [3.05, 3.63) is 65.0 Å². The summed E-state index contributed by atoms with van der Waals surface area (Å²) >= 11 is 1.59. The highest BCUT2D eigenvalue weighted by Gasteiger charge is 2.13. The molecule has 0 saturated heterocycles. The second-order valence-corrected chi connectivity index (χ2v) is 5.87. The molecule has 0 aliphatic carbocycles. The van der Waals surface area contributed by atoms with E-state index in [0.29, 0.717) is 0 Å². The smallest absolute Gasteiger partial charge is 0.124 e. The minimum atomic E-state index is -0.209. The molecule has 1 unspecified atom stereocenters. The molecule has 0 aliphatic heterocycles. The third-order valence-corrected chi connectivity index (χ3v) is 4.52. The van der Waals surface area contributed by atoms with Gasteiger partial charge in [-0.15, -0.1) is 11.8 Å². The Hall–Kier alpha value is -1.36. The van der Waals surface area contributed by atoms with Crippen LogP contribution < -0.4 is 11.3 Å². The Morgan fingerprint density at radius 1 is 1.20 bits per heavy atom. The molecule has 0 fully saturated rings. The van der Waals surface area contributed by atoms with Gasteiger partial charge in [0.1, 0.15) is 5.82 Å². The standard InChI is InChI=1S/C16H19FN2S/c1-11-5-3-8-15(12(11)2)16(19-18)10-20-14-7-4-6-13(17)9-14/h3-9,16,19H,10,18H2,1-2H3. The van der Waals surface area contributed by atoms with Crippen LogP contribution >= 0.6 is 11.8 Å². The van der Waals surface area contributed by atoms with Gasteiger partial charge in [-0.2, -0.15) is 0 Å². The first-order chi connectivity index (χ1) is 9.61. The van der Waals surface area contributed by atoms with Crippen LogP contribution in [0.3, 0.4) is 0 Å². The minimum Gasteiger partial charge on any atom is -0.271 e. The van der Waals surface area contributed by atoms with Crippen molar-refractivity contribution in [3.63, 3.8) is 0 Å². The average molecular weight is 290 g/mol. The number of benzene rings is 2. The molecule has 0 spiro atoms. The molecule has 0 radical (unpaired) electrons. The van der Waals surface area contributed by atoms with Gasteiger partial charge in [-0.1, -0.05) is 24.3 Å². The van der Waals surface area contributed by atoms with Gasteiger partial charge in [0, 0.05) is 10.6 Å². The van der Waals surface area contributed by atoms with Gasteiger partial charge in [0.05, 0.1) is 6.04 Å². The van der Waals surface area contributed by atoms with Crippen LogP contribution in [-0.2, 0) is 0 Å². The van der Waals surface area contributed by atoms with E-state index >= 15 is 0 Å². The quantitative estimate of drug-likeness (QED) is 0.500. The molecule has 1 atom stereocenters. The lowest BCUT2D eigenvalue weighted by Crippen LogP contribution is -2.30. The number of aryl methyl sites for hydroxylation is 1. The summed E-state index contributed by atoms with van der Waals surface area (Å²) in [6.45, 7) is 4.19. The van der Waals surface area contributed by atoms with Crippen molar-refractivity contribution in [1.82, 2.24) is 5.43 Å². The van der Waals surface area contributed by atoms with Crippen LogP contribution in [0.2, 0.25) is 0 Å². The Morgan fingerprint density at radius 2 is 1.95 bits per heavy atom. The molecule has 2 rings (SSSR count). The monoisotopic (exact) mass is 290 g/mol. The second kappa shape index (κ2) is 6.88. The van der Waals surface area contributed by atoms with Crippen molar-refractivity contribution in [1.29, 1.82) is 0 Å². The summed E-state index contributed by atoms with van der Waals surface area (Å²) in [6.07, 6.45) is 0. The van der Waals surface area contributed by atoms with Crippen LogP contribution in [-0.4, -0.2) is 5.75 Å². The van der Waals surface area contributed by atoms with E-state index in [1.54, 1.807) is 23.9 Å². The van der Waals surface area contributed by atoms with Gasteiger partial charge < -0.3 is 0 Å². The average Bonchev–Trinajstić information content (AvgIpc) is 2.44. The summed E-state index contributed by atoms with van der Waals surface area (Å²) in [5.74, 6) is 6.23. The van der Waals surface area contributed by atoms with Crippen molar-refractivity contribution in [2.24, 2.45) is 5.84 Å². The molecule has 0 heterocycles. The summed E-state index contributed by atoms with van der Waals surface area (Å²) in [6, 6.07) is 12.9. The number of thioether (sulfide) groups is 1. The Morgan fingerprint density at radius 3 is 2.65 bits per heavy atom. The van der Waals surface area contributed by atoms with Crippen molar-refractivity contribution in [2.75, 3.05) is 5.75 Å². The van der Waals surface area contributed by atoms with Crippen LogP contribution in [0.1, 0.15) is 22.7 Å². The third-order valence-electron chi connectivity index (χ3n) is 3.44. The molecule has 3 N–H and O–H groups in total. The van der Waals surface area contributed by atoms with E-state index in [1.807, 2.05) is 12.1 Å². The number of hydrogen-bond donors (Lipinski definition) is 2. The molecule has 2 aromatic rings. The normalized spacial score (nSPS) is 12.4. The molecular formula is C16H19FN2S. The van der Waals surface area contributed by atoms with Crippen LogP contribution in [0.15, 0.2) is 47.4 Å². The zero-order valence-corrected chi connectivity index (χ0v) is 12.5. The number of nitrogens with two attached hydrogens (primary N) is 1.